The molecular formula is C36H46FN5O9S. The van der Waals surface area contributed by atoms with Crippen molar-refractivity contribution >= 4 is 44.6 Å². The molecule has 52 heavy (non-hydrogen) atoms. The van der Waals surface area contributed by atoms with Crippen molar-refractivity contribution in [1.29, 1.82) is 0 Å². The van der Waals surface area contributed by atoms with Gasteiger partial charge in [-0.05, 0) is 80.9 Å². The second-order valence-corrected chi connectivity index (χ2v) is 17.1. The van der Waals surface area contributed by atoms with Crippen molar-refractivity contribution in [2.75, 3.05) is 13.7 Å². The minimum atomic E-state index is -4.03. The van der Waals surface area contributed by atoms with E-state index in [0.29, 0.717) is 42.9 Å². The van der Waals surface area contributed by atoms with E-state index in [0.717, 1.165) is 6.42 Å². The van der Waals surface area contributed by atoms with Crippen molar-refractivity contribution < 1.29 is 46.6 Å². The number of rotatable bonds is 8. The molecule has 282 valence electrons. The minimum Gasteiger partial charge on any atom is -0.481 e. The third-order valence-corrected chi connectivity index (χ3v) is 13.3. The molecule has 4 aliphatic rings. The molecule has 0 bridgehead atoms. The molecule has 4 N–H and O–H groups in total. The maximum absolute atomic E-state index is 14.5. The molecule has 14 nitrogen and oxygen atoms in total. The minimum absolute atomic E-state index is 0.0687. The molecule has 2 aromatic rings. The fourth-order valence-electron chi connectivity index (χ4n) is 7.47. The number of ether oxygens (including phenoxy) is 2. The average molecular weight is 744 g/mol. The van der Waals surface area contributed by atoms with Crippen molar-refractivity contribution in [1.82, 2.24) is 25.2 Å². The molecule has 2 saturated carbocycles. The Balaban J connectivity index is 1.36. The number of hydrogen-bond donors (Lipinski definition) is 4. The maximum Gasteiger partial charge on any atom is 0.405 e. The number of nitrogens with zero attached hydrogens (tertiary/aromatic N) is 2. The van der Waals surface area contributed by atoms with Crippen LogP contribution < -0.4 is 24.8 Å². The Morgan fingerprint density at radius 1 is 1.19 bits per heavy atom. The number of allylic oxidation sites excluding steroid dienone is 1. The maximum atomic E-state index is 14.5. The van der Waals surface area contributed by atoms with Crippen LogP contribution in [0.4, 0.5) is 9.18 Å². The molecule has 2 aliphatic heterocycles. The Morgan fingerprint density at radius 3 is 2.62 bits per heavy atom. The zero-order valence-corrected chi connectivity index (χ0v) is 30.5. The molecule has 16 heteroatoms. The SMILES string of the molecule is CC[C@@H]1C[C@H](C)CC/C=C\[C@@H]2C[C@@]2(C(=O)NS(=O)(=O)C2(C)CC2)NC(=O)[C@@H]2C[C@@H](Oc3nc(OC)cc4cc(F)ccc34)CN2C(=O)[C@H]1NC(=O)O. The van der Waals surface area contributed by atoms with E-state index in [-0.39, 0.29) is 37.1 Å². The Hall–Kier alpha value is -4.47. The van der Waals surface area contributed by atoms with Crippen LogP contribution >= 0.6 is 0 Å². The van der Waals surface area contributed by atoms with Crippen LogP contribution in [-0.2, 0) is 24.4 Å². The highest BCUT2D eigenvalue weighted by Gasteiger charge is 2.63. The van der Waals surface area contributed by atoms with Crippen molar-refractivity contribution in [2.24, 2.45) is 17.8 Å². The van der Waals surface area contributed by atoms with Crippen LogP contribution in [0.15, 0.2) is 36.4 Å². The number of fused-ring (bicyclic) bond motifs is 3. The van der Waals surface area contributed by atoms with Gasteiger partial charge < -0.3 is 30.1 Å². The summed E-state index contributed by atoms with van der Waals surface area (Å²) in [5.41, 5.74) is -1.58. The van der Waals surface area contributed by atoms with Crippen molar-refractivity contribution in [2.45, 2.75) is 101 Å². The molecule has 0 spiro atoms. The summed E-state index contributed by atoms with van der Waals surface area (Å²) in [5, 5.41) is 16.0. The number of sulfonamides is 1. The Labute approximate surface area is 301 Å². The molecule has 2 aliphatic carbocycles. The highest BCUT2D eigenvalue weighted by atomic mass is 32.2. The van der Waals surface area contributed by atoms with E-state index in [1.165, 1.54) is 30.2 Å². The van der Waals surface area contributed by atoms with Gasteiger partial charge in [0.1, 0.15) is 29.5 Å². The van der Waals surface area contributed by atoms with Crippen LogP contribution in [0.2, 0.25) is 0 Å². The van der Waals surface area contributed by atoms with Crippen LogP contribution in [-0.4, -0.2) is 89.4 Å². The largest absolute Gasteiger partial charge is 0.481 e. The summed E-state index contributed by atoms with van der Waals surface area (Å²) < 4.78 is 53.2. The summed E-state index contributed by atoms with van der Waals surface area (Å²) in [6.07, 6.45) is 4.80. The van der Waals surface area contributed by atoms with Gasteiger partial charge in [-0.2, -0.15) is 4.98 Å². The number of nitrogens with one attached hydrogen (secondary N) is 3. The number of amides is 4. The van der Waals surface area contributed by atoms with E-state index in [1.807, 2.05) is 26.0 Å². The van der Waals surface area contributed by atoms with Crippen molar-refractivity contribution in [3.63, 3.8) is 0 Å². The smallest absolute Gasteiger partial charge is 0.405 e. The lowest BCUT2D eigenvalue weighted by molar-refractivity contribution is -0.142. The number of aromatic nitrogens is 1. The Bertz CT molecular complexity index is 1900. The van der Waals surface area contributed by atoms with E-state index in [1.54, 1.807) is 13.0 Å². The predicted molar refractivity (Wildman–Crippen MR) is 187 cm³/mol. The van der Waals surface area contributed by atoms with Gasteiger partial charge in [-0.1, -0.05) is 32.4 Å². The topological polar surface area (TPSA) is 193 Å². The summed E-state index contributed by atoms with van der Waals surface area (Å²) in [7, 11) is -2.63. The third-order valence-electron chi connectivity index (χ3n) is 11.1. The van der Waals surface area contributed by atoms with E-state index >= 15 is 0 Å². The van der Waals surface area contributed by atoms with Gasteiger partial charge in [0, 0.05) is 23.8 Å². The molecular weight excluding hydrogens is 697 g/mol. The van der Waals surface area contributed by atoms with Crippen LogP contribution in [0.25, 0.3) is 10.8 Å². The van der Waals surface area contributed by atoms with Gasteiger partial charge in [0.2, 0.25) is 33.6 Å². The summed E-state index contributed by atoms with van der Waals surface area (Å²) in [5.74, 6) is -3.22. The monoisotopic (exact) mass is 743 g/mol. The van der Waals surface area contributed by atoms with Crippen LogP contribution in [0.3, 0.4) is 0 Å². The first-order valence-corrected chi connectivity index (χ1v) is 19.2. The summed E-state index contributed by atoms with van der Waals surface area (Å²) in [4.78, 5) is 60.4. The average Bonchev–Trinajstić information content (AvgIpc) is 3.97. The first-order valence-electron chi connectivity index (χ1n) is 17.8. The number of pyridine rings is 1. The molecule has 3 heterocycles. The highest BCUT2D eigenvalue weighted by Crippen LogP contribution is 2.47. The zero-order chi connectivity index (χ0) is 37.6. The number of halogens is 1. The Kier molecular flexibility index (Phi) is 10.2. The lowest BCUT2D eigenvalue weighted by Gasteiger charge is -2.33. The van der Waals surface area contributed by atoms with Gasteiger partial charge >= 0.3 is 6.09 Å². The Morgan fingerprint density at radius 2 is 1.94 bits per heavy atom. The number of carbonyl (C=O) groups excluding carboxylic acids is 3. The van der Waals surface area contributed by atoms with Gasteiger partial charge in [-0.25, -0.2) is 17.6 Å². The van der Waals surface area contributed by atoms with E-state index in [2.05, 4.69) is 20.3 Å². The molecule has 0 radical (unpaired) electrons. The lowest BCUT2D eigenvalue weighted by atomic mass is 9.85. The highest BCUT2D eigenvalue weighted by molar-refractivity contribution is 7.91. The predicted octanol–water partition coefficient (Wildman–Crippen LogP) is 3.64. The van der Waals surface area contributed by atoms with Gasteiger partial charge in [0.15, 0.2) is 0 Å². The van der Waals surface area contributed by atoms with Crippen LogP contribution in [0.5, 0.6) is 11.8 Å². The fraction of sp³-hybridized carbons (Fsp3) is 0.583. The number of carboxylic acid groups (broad SMARTS) is 1. The number of hydrogen-bond acceptors (Lipinski definition) is 9. The number of methoxy groups -OCH3 is 1. The molecule has 1 aromatic heterocycles. The second kappa shape index (κ2) is 14.2. The molecule has 3 fully saturated rings. The third kappa shape index (κ3) is 7.39. The zero-order valence-electron chi connectivity index (χ0n) is 29.7. The first-order chi connectivity index (χ1) is 24.6. The molecule has 1 aromatic carbocycles. The quantitative estimate of drug-likeness (QED) is 0.290. The summed E-state index contributed by atoms with van der Waals surface area (Å²) >= 11 is 0. The number of carbonyl (C=O) groups is 4. The second-order valence-electron chi connectivity index (χ2n) is 14.9. The van der Waals surface area contributed by atoms with E-state index < -0.39 is 80.0 Å². The number of benzene rings is 1. The molecule has 6 rings (SSSR count). The van der Waals surface area contributed by atoms with Crippen molar-refractivity contribution in [3.8, 4) is 11.8 Å². The lowest BCUT2D eigenvalue weighted by Crippen LogP contribution is -2.59. The standard InChI is InChI=1S/C36H46FN5O9S/c1-5-21-14-20(2)8-6-7-9-23-18-36(23,33(45)41-52(48,49)35(3)12-13-35)40-30(43)27-17-25(19-42(27)32(44)29(21)39-34(46)47)51-31-26-11-10-24(37)15-22(26)16-28(38-31)50-4/h7,9-11,15-16,20-21,23,25,27,29,39H,5-6,8,12-14,17-19H2,1-4H3,(H,40,43)(H,41,45)(H,46,47)/b9-7-/t20-,21-,23-,25-,27+,29+,36-/m1/s1. The van der Waals surface area contributed by atoms with Gasteiger partial charge in [0.25, 0.3) is 5.91 Å². The van der Waals surface area contributed by atoms with E-state index in [9.17, 15) is 37.1 Å². The summed E-state index contributed by atoms with van der Waals surface area (Å²) in [6, 6.07) is 3.18. The first kappa shape index (κ1) is 37.3. The van der Waals surface area contributed by atoms with Gasteiger partial charge in [-0.3, -0.25) is 19.1 Å². The summed E-state index contributed by atoms with van der Waals surface area (Å²) in [6.45, 7) is 5.33. The van der Waals surface area contributed by atoms with Crippen molar-refractivity contribution in [3.05, 3.63) is 42.2 Å². The molecule has 4 amide bonds. The van der Waals surface area contributed by atoms with Gasteiger partial charge in [0.05, 0.1) is 18.4 Å². The van der Waals surface area contributed by atoms with Gasteiger partial charge in [-0.15, -0.1) is 0 Å². The van der Waals surface area contributed by atoms with Crippen LogP contribution in [0, 0.1) is 23.6 Å². The normalized spacial score (nSPS) is 30.8. The molecule has 1 saturated heterocycles. The van der Waals surface area contributed by atoms with Crippen LogP contribution in [0.1, 0.15) is 72.1 Å². The van der Waals surface area contributed by atoms with E-state index in [4.69, 9.17) is 9.47 Å². The fourth-order valence-corrected chi connectivity index (χ4v) is 8.79. The molecule has 0 unspecified atom stereocenters. The molecule has 7 atom stereocenters.